The number of carbonyl (C=O) groups excluding carboxylic acids is 2. The summed E-state index contributed by atoms with van der Waals surface area (Å²) in [5, 5.41) is 3.51. The van der Waals surface area contributed by atoms with Crippen LogP contribution in [0, 0.1) is 0 Å². The van der Waals surface area contributed by atoms with Crippen molar-refractivity contribution in [1.82, 2.24) is 4.90 Å². The molecule has 0 saturated carbocycles. The van der Waals surface area contributed by atoms with E-state index in [1.54, 1.807) is 15.9 Å². The minimum Gasteiger partial charge on any atom is -0.350 e. The van der Waals surface area contributed by atoms with E-state index in [1.807, 2.05) is 115 Å². The summed E-state index contributed by atoms with van der Waals surface area (Å²) in [5.41, 5.74) is 3.50. The van der Waals surface area contributed by atoms with Crippen molar-refractivity contribution in [3.8, 4) is 0 Å². The van der Waals surface area contributed by atoms with E-state index >= 15 is 0 Å². The number of nitrogens with zero attached hydrogens (tertiary/aromatic N) is 2. The van der Waals surface area contributed by atoms with Gasteiger partial charge in [-0.1, -0.05) is 103 Å². The molecule has 2 amide bonds. The van der Waals surface area contributed by atoms with E-state index in [9.17, 15) is 9.59 Å². The van der Waals surface area contributed by atoms with Crippen LogP contribution in [0.25, 0.3) is 6.08 Å². The van der Waals surface area contributed by atoms with Crippen molar-refractivity contribution >= 4 is 29.3 Å². The fraction of sp³-hybridized carbons (Fsp3) is 0.0968. The van der Waals surface area contributed by atoms with Gasteiger partial charge in [0.05, 0.1) is 11.3 Å². The van der Waals surface area contributed by atoms with Crippen LogP contribution in [0.15, 0.2) is 115 Å². The standard InChI is InChI=1S/C31H25N3O2/c35-29-25-17-7-9-19-27(25)32-31(34(29)22-24-14-5-2-6-15-24)26-18-8-10-20-28(26)33(30(31)36)21-11-16-23-12-3-1-4-13-23/h1-20,32H,21-22H2/b16-11-/t31-/m1/s1. The second-order valence-corrected chi connectivity index (χ2v) is 9.00. The van der Waals surface area contributed by atoms with E-state index in [0.29, 0.717) is 24.3 Å². The summed E-state index contributed by atoms with van der Waals surface area (Å²) in [5.74, 6) is -0.335. The fourth-order valence-electron chi connectivity index (χ4n) is 5.15. The molecule has 2 aliphatic heterocycles. The van der Waals surface area contributed by atoms with Crippen molar-refractivity contribution in [1.29, 1.82) is 0 Å². The zero-order valence-electron chi connectivity index (χ0n) is 19.7. The molecule has 36 heavy (non-hydrogen) atoms. The Morgan fingerprint density at radius 3 is 2.22 bits per heavy atom. The monoisotopic (exact) mass is 471 g/mol. The van der Waals surface area contributed by atoms with Gasteiger partial charge in [-0.3, -0.25) is 14.5 Å². The Balaban J connectivity index is 1.46. The fourth-order valence-corrected chi connectivity index (χ4v) is 5.15. The molecule has 1 N–H and O–H groups in total. The number of rotatable bonds is 5. The average molecular weight is 472 g/mol. The van der Waals surface area contributed by atoms with Gasteiger partial charge in [-0.05, 0) is 29.3 Å². The van der Waals surface area contributed by atoms with Gasteiger partial charge in [0.15, 0.2) is 0 Å². The summed E-state index contributed by atoms with van der Waals surface area (Å²) < 4.78 is 0. The molecule has 0 fully saturated rings. The maximum Gasteiger partial charge on any atom is 0.279 e. The van der Waals surface area contributed by atoms with Crippen LogP contribution in [-0.2, 0) is 17.0 Å². The zero-order valence-corrected chi connectivity index (χ0v) is 19.7. The molecule has 0 aliphatic carbocycles. The van der Waals surface area contributed by atoms with Gasteiger partial charge in [-0.15, -0.1) is 0 Å². The van der Waals surface area contributed by atoms with Crippen LogP contribution in [0.5, 0.6) is 0 Å². The van der Waals surface area contributed by atoms with Crippen LogP contribution in [0.1, 0.15) is 27.0 Å². The summed E-state index contributed by atoms with van der Waals surface area (Å²) in [6.07, 6.45) is 4.00. The molecular weight excluding hydrogens is 446 g/mol. The highest BCUT2D eigenvalue weighted by Crippen LogP contribution is 2.48. The van der Waals surface area contributed by atoms with Gasteiger partial charge in [0.1, 0.15) is 0 Å². The molecule has 0 radical (unpaired) electrons. The lowest BCUT2D eigenvalue weighted by atomic mass is 9.92. The maximum atomic E-state index is 14.4. The van der Waals surface area contributed by atoms with Crippen molar-refractivity contribution in [3.63, 3.8) is 0 Å². The predicted molar refractivity (Wildman–Crippen MR) is 142 cm³/mol. The molecule has 4 aromatic carbocycles. The number of anilines is 2. The molecule has 4 aromatic rings. The minimum absolute atomic E-state index is 0.166. The van der Waals surface area contributed by atoms with E-state index in [0.717, 1.165) is 22.4 Å². The molecule has 1 spiro atoms. The zero-order chi connectivity index (χ0) is 24.5. The van der Waals surface area contributed by atoms with E-state index in [1.165, 1.54) is 0 Å². The van der Waals surface area contributed by atoms with Gasteiger partial charge in [0, 0.05) is 24.3 Å². The van der Waals surface area contributed by atoms with Gasteiger partial charge >= 0.3 is 0 Å². The summed E-state index contributed by atoms with van der Waals surface area (Å²) >= 11 is 0. The molecule has 176 valence electrons. The van der Waals surface area contributed by atoms with Crippen LogP contribution in [-0.4, -0.2) is 23.3 Å². The van der Waals surface area contributed by atoms with E-state index in [4.69, 9.17) is 0 Å². The maximum absolute atomic E-state index is 14.4. The number of hydrogen-bond donors (Lipinski definition) is 1. The highest BCUT2D eigenvalue weighted by molar-refractivity contribution is 6.15. The summed E-state index contributed by atoms with van der Waals surface area (Å²) in [6, 6.07) is 34.9. The molecule has 5 nitrogen and oxygen atoms in total. The van der Waals surface area contributed by atoms with Gasteiger partial charge in [0.25, 0.3) is 11.8 Å². The number of hydrogen-bond acceptors (Lipinski definition) is 3. The van der Waals surface area contributed by atoms with Crippen molar-refractivity contribution < 1.29 is 9.59 Å². The van der Waals surface area contributed by atoms with E-state index in [-0.39, 0.29) is 11.8 Å². The first-order valence-corrected chi connectivity index (χ1v) is 12.0. The lowest BCUT2D eigenvalue weighted by Gasteiger charge is -2.45. The molecule has 1 atom stereocenters. The Morgan fingerprint density at radius 1 is 0.750 bits per heavy atom. The second-order valence-electron chi connectivity index (χ2n) is 9.00. The summed E-state index contributed by atoms with van der Waals surface area (Å²) in [4.78, 5) is 31.8. The Kier molecular flexibility index (Phi) is 5.38. The molecule has 2 heterocycles. The Labute approximate surface area is 210 Å². The van der Waals surface area contributed by atoms with Gasteiger partial charge in [-0.25, -0.2) is 0 Å². The topological polar surface area (TPSA) is 52.7 Å². The molecular formula is C31H25N3O2. The van der Waals surface area contributed by atoms with Crippen LogP contribution in [0.3, 0.4) is 0 Å². The van der Waals surface area contributed by atoms with Crippen molar-refractivity contribution in [2.45, 2.75) is 12.2 Å². The smallest absolute Gasteiger partial charge is 0.279 e. The molecule has 5 heteroatoms. The number of carbonyl (C=O) groups is 2. The lowest BCUT2D eigenvalue weighted by Crippen LogP contribution is -2.62. The van der Waals surface area contributed by atoms with Crippen LogP contribution in [0.4, 0.5) is 11.4 Å². The second kappa shape index (κ2) is 8.86. The minimum atomic E-state index is -1.33. The highest BCUT2D eigenvalue weighted by atomic mass is 16.2. The number of fused-ring (bicyclic) bond motifs is 3. The van der Waals surface area contributed by atoms with Crippen molar-refractivity contribution in [3.05, 3.63) is 138 Å². The first-order valence-electron chi connectivity index (χ1n) is 12.0. The van der Waals surface area contributed by atoms with Crippen molar-refractivity contribution in [2.24, 2.45) is 0 Å². The van der Waals surface area contributed by atoms with Gasteiger partial charge < -0.3 is 10.2 Å². The normalized spacial score (nSPS) is 18.4. The lowest BCUT2D eigenvalue weighted by molar-refractivity contribution is -0.127. The highest BCUT2D eigenvalue weighted by Gasteiger charge is 2.58. The van der Waals surface area contributed by atoms with E-state index < -0.39 is 5.66 Å². The predicted octanol–water partition coefficient (Wildman–Crippen LogP) is 5.67. The first kappa shape index (κ1) is 21.9. The Bertz CT molecular complexity index is 1470. The number of benzene rings is 4. The van der Waals surface area contributed by atoms with Crippen LogP contribution < -0.4 is 10.2 Å². The summed E-state index contributed by atoms with van der Waals surface area (Å²) in [6.45, 7) is 0.692. The molecule has 2 aliphatic rings. The van der Waals surface area contributed by atoms with Gasteiger partial charge in [0.2, 0.25) is 5.66 Å². The van der Waals surface area contributed by atoms with Crippen molar-refractivity contribution in [2.75, 3.05) is 16.8 Å². The quantitative estimate of drug-likeness (QED) is 0.408. The molecule has 0 saturated heterocycles. The van der Waals surface area contributed by atoms with Crippen LogP contribution >= 0.6 is 0 Å². The third-order valence-corrected chi connectivity index (χ3v) is 6.84. The van der Waals surface area contributed by atoms with Crippen LogP contribution in [0.2, 0.25) is 0 Å². The molecule has 6 rings (SSSR count). The Morgan fingerprint density at radius 2 is 1.42 bits per heavy atom. The molecule has 0 bridgehead atoms. The summed E-state index contributed by atoms with van der Waals surface area (Å²) in [7, 11) is 0. The number of para-hydroxylation sites is 2. The first-order chi connectivity index (χ1) is 17.7. The molecule has 0 unspecified atom stereocenters. The van der Waals surface area contributed by atoms with Gasteiger partial charge in [-0.2, -0.15) is 0 Å². The molecule has 0 aromatic heterocycles. The number of nitrogens with one attached hydrogen (secondary N) is 1. The number of amides is 2. The third kappa shape index (κ3) is 3.48. The van der Waals surface area contributed by atoms with E-state index in [2.05, 4.69) is 5.32 Å². The Hall–Kier alpha value is -4.64. The average Bonchev–Trinajstić information content (AvgIpc) is 3.15. The third-order valence-electron chi connectivity index (χ3n) is 6.84. The largest absolute Gasteiger partial charge is 0.350 e. The SMILES string of the molecule is O=C1c2ccccc2N[C@@]2(C(=O)N(C/C=C\c3ccccc3)c3ccccc32)N1Cc1ccccc1.